The molecule has 0 unspecified atom stereocenters. The third-order valence-corrected chi connectivity index (χ3v) is 4.85. The van der Waals surface area contributed by atoms with Crippen LogP contribution in [-0.2, 0) is 6.42 Å². The number of benzene rings is 1. The minimum Gasteiger partial charge on any atom is -0.236 e. The van der Waals surface area contributed by atoms with Crippen LogP contribution in [0.5, 0.6) is 0 Å². The number of aromatic nitrogens is 2. The van der Waals surface area contributed by atoms with Crippen molar-refractivity contribution in [3.8, 4) is 11.4 Å². The molecule has 1 aliphatic rings. The van der Waals surface area contributed by atoms with E-state index in [-0.39, 0.29) is 0 Å². The maximum absolute atomic E-state index is 4.55. The predicted octanol–water partition coefficient (Wildman–Crippen LogP) is 5.74. The Kier molecular flexibility index (Phi) is 5.79. The molecular weight excluding hydrogens is 280 g/mol. The van der Waals surface area contributed by atoms with Crippen LogP contribution in [0.3, 0.4) is 0 Å². The lowest BCUT2D eigenvalue weighted by atomic mass is 9.84. The van der Waals surface area contributed by atoms with Crippen molar-refractivity contribution < 1.29 is 0 Å². The summed E-state index contributed by atoms with van der Waals surface area (Å²) < 4.78 is 0. The zero-order valence-electron chi connectivity index (χ0n) is 14.2. The number of hydrogen-bond acceptors (Lipinski definition) is 2. The molecule has 0 spiro atoms. The molecule has 2 heteroatoms. The summed E-state index contributed by atoms with van der Waals surface area (Å²) in [6.45, 7) is 2.23. The Labute approximate surface area is 140 Å². The zero-order valence-corrected chi connectivity index (χ0v) is 14.2. The van der Waals surface area contributed by atoms with Crippen molar-refractivity contribution in [3.63, 3.8) is 0 Å². The van der Waals surface area contributed by atoms with Gasteiger partial charge in [-0.1, -0.05) is 44.0 Å². The summed E-state index contributed by atoms with van der Waals surface area (Å²) in [6, 6.07) is 8.90. The van der Waals surface area contributed by atoms with Gasteiger partial charge in [-0.25, -0.2) is 9.97 Å². The van der Waals surface area contributed by atoms with E-state index in [9.17, 15) is 0 Å². The van der Waals surface area contributed by atoms with Crippen molar-refractivity contribution in [1.29, 1.82) is 0 Å². The number of aryl methyl sites for hydroxylation is 1. The highest BCUT2D eigenvalue weighted by atomic mass is 14.9. The maximum atomic E-state index is 4.55. The van der Waals surface area contributed by atoms with Crippen molar-refractivity contribution in [3.05, 3.63) is 54.2 Å². The molecule has 1 aliphatic carbocycles. The lowest BCUT2D eigenvalue weighted by molar-refractivity contribution is 0.512. The van der Waals surface area contributed by atoms with E-state index < -0.39 is 0 Å². The molecule has 1 heterocycles. The van der Waals surface area contributed by atoms with Gasteiger partial charge in [-0.05, 0) is 62.0 Å². The Morgan fingerprint density at radius 2 is 1.65 bits per heavy atom. The van der Waals surface area contributed by atoms with Gasteiger partial charge in [0.25, 0.3) is 0 Å². The fourth-order valence-corrected chi connectivity index (χ4v) is 3.38. The summed E-state index contributed by atoms with van der Waals surface area (Å²) in [7, 11) is 0. The lowest BCUT2D eigenvalue weighted by Gasteiger charge is -2.21. The molecule has 2 nitrogen and oxygen atoms in total. The quantitative estimate of drug-likeness (QED) is 0.636. The van der Waals surface area contributed by atoms with Crippen LogP contribution >= 0.6 is 0 Å². The topological polar surface area (TPSA) is 25.8 Å². The number of nitrogens with zero attached hydrogens (tertiary/aromatic N) is 2. The summed E-state index contributed by atoms with van der Waals surface area (Å²) in [5, 5.41) is 0. The minimum absolute atomic E-state index is 0.732. The van der Waals surface area contributed by atoms with Gasteiger partial charge < -0.3 is 0 Å². The molecule has 0 N–H and O–H groups in total. The molecule has 1 fully saturated rings. The van der Waals surface area contributed by atoms with Crippen LogP contribution in [0.1, 0.15) is 68.9 Å². The van der Waals surface area contributed by atoms with Crippen LogP contribution in [0.25, 0.3) is 11.4 Å². The standard InChI is InChI=1S/C21H27N2/c1-2-3-5-8-17-15-22-21(23-16-17)20-13-11-19(12-14-20)18-9-6-4-7-10-18/h4,11-16,18H,2-3,5-10H2,1H3. The highest BCUT2D eigenvalue weighted by Gasteiger charge is 2.15. The molecular formula is C21H27N2. The monoisotopic (exact) mass is 307 g/mol. The van der Waals surface area contributed by atoms with Gasteiger partial charge >= 0.3 is 0 Å². The summed E-state index contributed by atoms with van der Waals surface area (Å²) in [4.78, 5) is 9.11. The van der Waals surface area contributed by atoms with Gasteiger partial charge in [-0.15, -0.1) is 0 Å². The minimum atomic E-state index is 0.732. The van der Waals surface area contributed by atoms with Crippen molar-refractivity contribution in [2.24, 2.45) is 0 Å². The van der Waals surface area contributed by atoms with E-state index in [1.165, 1.54) is 56.1 Å². The molecule has 2 aromatic rings. The summed E-state index contributed by atoms with van der Waals surface area (Å²) in [5.74, 6) is 1.57. The van der Waals surface area contributed by atoms with Gasteiger partial charge in [0.2, 0.25) is 0 Å². The highest BCUT2D eigenvalue weighted by molar-refractivity contribution is 5.55. The molecule has 3 rings (SSSR count). The second-order valence-electron chi connectivity index (χ2n) is 6.63. The number of hydrogen-bond donors (Lipinski definition) is 0. The van der Waals surface area contributed by atoms with Gasteiger partial charge in [0.1, 0.15) is 0 Å². The molecule has 1 saturated carbocycles. The average molecular weight is 307 g/mol. The third-order valence-electron chi connectivity index (χ3n) is 4.85. The first-order valence-corrected chi connectivity index (χ1v) is 9.09. The summed E-state index contributed by atoms with van der Waals surface area (Å²) >= 11 is 0. The van der Waals surface area contributed by atoms with Crippen LogP contribution in [0.4, 0.5) is 0 Å². The fourth-order valence-electron chi connectivity index (χ4n) is 3.38. The molecule has 1 aromatic carbocycles. The number of rotatable bonds is 6. The molecule has 23 heavy (non-hydrogen) atoms. The second kappa shape index (κ2) is 8.24. The zero-order chi connectivity index (χ0) is 15.9. The van der Waals surface area contributed by atoms with Gasteiger partial charge in [0.05, 0.1) is 0 Å². The SMILES string of the molecule is CCCCCc1cnc(-c2ccc(C3CC[CH]CC3)cc2)nc1. The van der Waals surface area contributed by atoms with Crippen LogP contribution < -0.4 is 0 Å². The normalized spacial score (nSPS) is 15.7. The second-order valence-corrected chi connectivity index (χ2v) is 6.63. The van der Waals surface area contributed by atoms with E-state index in [1.807, 2.05) is 12.4 Å². The Hall–Kier alpha value is -1.70. The Morgan fingerprint density at radius 3 is 2.30 bits per heavy atom. The first-order chi connectivity index (χ1) is 11.4. The van der Waals surface area contributed by atoms with E-state index in [2.05, 4.69) is 47.6 Å². The van der Waals surface area contributed by atoms with E-state index >= 15 is 0 Å². The Bertz CT molecular complexity index is 580. The number of unbranched alkanes of at least 4 members (excludes halogenated alkanes) is 2. The first kappa shape index (κ1) is 16.2. The molecule has 121 valence electrons. The van der Waals surface area contributed by atoms with Crippen LogP contribution in [-0.4, -0.2) is 9.97 Å². The Morgan fingerprint density at radius 1 is 0.957 bits per heavy atom. The van der Waals surface area contributed by atoms with E-state index in [0.29, 0.717) is 0 Å². The highest BCUT2D eigenvalue weighted by Crippen LogP contribution is 2.32. The summed E-state index contributed by atoms with van der Waals surface area (Å²) in [5.41, 5.74) is 3.84. The van der Waals surface area contributed by atoms with Gasteiger partial charge in [0, 0.05) is 18.0 Å². The van der Waals surface area contributed by atoms with E-state index in [1.54, 1.807) is 0 Å². The predicted molar refractivity (Wildman–Crippen MR) is 96.2 cm³/mol. The largest absolute Gasteiger partial charge is 0.236 e. The fraction of sp³-hybridized carbons (Fsp3) is 0.476. The molecule has 1 aromatic heterocycles. The van der Waals surface area contributed by atoms with Crippen LogP contribution in [0.2, 0.25) is 0 Å². The molecule has 0 saturated heterocycles. The van der Waals surface area contributed by atoms with Gasteiger partial charge in [0.15, 0.2) is 5.82 Å². The smallest absolute Gasteiger partial charge is 0.159 e. The van der Waals surface area contributed by atoms with Crippen molar-refractivity contribution in [2.75, 3.05) is 0 Å². The molecule has 0 aliphatic heterocycles. The van der Waals surface area contributed by atoms with Gasteiger partial charge in [-0.2, -0.15) is 0 Å². The third kappa shape index (κ3) is 4.40. The van der Waals surface area contributed by atoms with Crippen molar-refractivity contribution in [1.82, 2.24) is 9.97 Å². The van der Waals surface area contributed by atoms with Gasteiger partial charge in [-0.3, -0.25) is 0 Å². The Balaban J connectivity index is 1.64. The van der Waals surface area contributed by atoms with Crippen LogP contribution in [0.15, 0.2) is 36.7 Å². The molecule has 0 atom stereocenters. The van der Waals surface area contributed by atoms with Crippen molar-refractivity contribution in [2.45, 2.75) is 64.2 Å². The molecule has 0 amide bonds. The molecule has 1 radical (unpaired) electrons. The molecule has 0 bridgehead atoms. The van der Waals surface area contributed by atoms with E-state index in [4.69, 9.17) is 0 Å². The van der Waals surface area contributed by atoms with E-state index in [0.717, 1.165) is 23.7 Å². The van der Waals surface area contributed by atoms with Crippen molar-refractivity contribution >= 4 is 0 Å². The first-order valence-electron chi connectivity index (χ1n) is 9.09. The maximum Gasteiger partial charge on any atom is 0.159 e. The average Bonchev–Trinajstić information content (AvgIpc) is 2.63. The van der Waals surface area contributed by atoms with Crippen LogP contribution in [0, 0.1) is 6.42 Å². The summed E-state index contributed by atoms with van der Waals surface area (Å²) in [6.07, 6.45) is 16.4. The lowest BCUT2D eigenvalue weighted by Crippen LogP contribution is -2.04.